The van der Waals surface area contributed by atoms with Crippen molar-refractivity contribution < 1.29 is 40.7 Å². The highest BCUT2D eigenvalue weighted by molar-refractivity contribution is 5.86. The molecule has 0 aliphatic carbocycles. The van der Waals surface area contributed by atoms with E-state index in [1.807, 2.05) is 0 Å². The number of benzene rings is 1. The lowest BCUT2D eigenvalue weighted by Gasteiger charge is -2.34. The number of carboxylic acid groups (broad SMARTS) is 1. The first-order chi connectivity index (χ1) is 14.2. The number of nitrogens with zero attached hydrogens (tertiary/aromatic N) is 1. The van der Waals surface area contributed by atoms with E-state index < -0.39 is 35.0 Å². The van der Waals surface area contributed by atoms with Gasteiger partial charge in [-0.05, 0) is 43.0 Å². The molecule has 180 valence electrons. The average Bonchev–Trinajstić information content (AvgIpc) is 2.68. The zero-order chi connectivity index (χ0) is 24.3. The largest absolute Gasteiger partial charge is 0.545 e. The number of halogens is 6. The maximum atomic E-state index is 12.2. The molecule has 3 nitrogen and oxygen atoms in total. The lowest BCUT2D eigenvalue weighted by atomic mass is 10.0. The lowest BCUT2D eigenvalue weighted by molar-refractivity contribution is -0.910. The molecule has 0 atom stereocenters. The number of carboxylic acids is 1. The summed E-state index contributed by atoms with van der Waals surface area (Å²) in [5.41, 5.74) is -4.55. The Morgan fingerprint density at radius 3 is 1.32 bits per heavy atom. The molecule has 0 bridgehead atoms. The minimum atomic E-state index is -5.06. The zero-order valence-corrected chi connectivity index (χ0v) is 18.6. The summed E-state index contributed by atoms with van der Waals surface area (Å²) in [5, 5.41) is 10.3. The summed E-state index contributed by atoms with van der Waals surface area (Å²) in [7, 11) is 2.45. The fourth-order valence-electron chi connectivity index (χ4n) is 3.03. The molecule has 0 saturated carbocycles. The van der Waals surface area contributed by atoms with Crippen molar-refractivity contribution in [3.63, 3.8) is 0 Å². The Balaban J connectivity index is 0.000000594. The second-order valence-corrected chi connectivity index (χ2v) is 7.93. The first-order valence-electron chi connectivity index (χ1n) is 10.5. The topological polar surface area (TPSA) is 40.1 Å². The van der Waals surface area contributed by atoms with Crippen LogP contribution >= 0.6 is 0 Å². The summed E-state index contributed by atoms with van der Waals surface area (Å²) in [6, 6.07) is 0.0155. The van der Waals surface area contributed by atoms with Crippen LogP contribution in [-0.2, 0) is 12.4 Å². The number of aromatic carboxylic acids is 1. The highest BCUT2D eigenvalue weighted by Gasteiger charge is 2.36. The molecule has 0 fully saturated rings. The highest BCUT2D eigenvalue weighted by atomic mass is 19.4. The van der Waals surface area contributed by atoms with Crippen molar-refractivity contribution in [2.75, 3.05) is 26.7 Å². The summed E-state index contributed by atoms with van der Waals surface area (Å²) < 4.78 is 74.6. The molecule has 0 unspecified atom stereocenters. The van der Waals surface area contributed by atoms with E-state index in [0.29, 0.717) is 0 Å². The van der Waals surface area contributed by atoms with Gasteiger partial charge in [-0.15, -0.1) is 0 Å². The van der Waals surface area contributed by atoms with E-state index in [2.05, 4.69) is 27.8 Å². The Morgan fingerprint density at radius 2 is 1.10 bits per heavy atom. The number of hydrogen-bond acceptors (Lipinski definition) is 2. The van der Waals surface area contributed by atoms with Gasteiger partial charge in [-0.1, -0.05) is 40.0 Å². The molecule has 0 N–H and O–H groups in total. The van der Waals surface area contributed by atoms with Gasteiger partial charge in [0.15, 0.2) is 0 Å². The second-order valence-electron chi connectivity index (χ2n) is 7.93. The van der Waals surface area contributed by atoms with Gasteiger partial charge in [-0.3, -0.25) is 0 Å². The maximum Gasteiger partial charge on any atom is 0.416 e. The Morgan fingerprint density at radius 1 is 0.774 bits per heavy atom. The summed E-state index contributed by atoms with van der Waals surface area (Å²) in [5.74, 6) is -2.11. The zero-order valence-electron chi connectivity index (χ0n) is 18.6. The number of carbonyl (C=O) groups excluding carboxylic acids is 1. The van der Waals surface area contributed by atoms with Gasteiger partial charge < -0.3 is 14.4 Å². The second kappa shape index (κ2) is 12.9. The average molecular weight is 457 g/mol. The molecule has 0 aliphatic heterocycles. The fraction of sp³-hybridized carbons (Fsp3) is 0.682. The molecule has 1 rings (SSSR count). The van der Waals surface area contributed by atoms with Crippen LogP contribution in [0.4, 0.5) is 26.3 Å². The van der Waals surface area contributed by atoms with E-state index in [-0.39, 0.29) is 18.2 Å². The van der Waals surface area contributed by atoms with Gasteiger partial charge in [0.25, 0.3) is 0 Å². The van der Waals surface area contributed by atoms with Crippen molar-refractivity contribution in [2.24, 2.45) is 0 Å². The fourth-order valence-corrected chi connectivity index (χ4v) is 3.03. The van der Waals surface area contributed by atoms with E-state index in [0.717, 1.165) is 0 Å². The van der Waals surface area contributed by atoms with E-state index in [9.17, 15) is 36.2 Å². The summed E-state index contributed by atoms with van der Waals surface area (Å²) in [6.45, 7) is 11.0. The first-order valence-corrected chi connectivity index (χ1v) is 10.5. The maximum absolute atomic E-state index is 12.2. The third-order valence-electron chi connectivity index (χ3n) is 4.98. The highest BCUT2D eigenvalue weighted by Crippen LogP contribution is 2.36. The van der Waals surface area contributed by atoms with Crippen LogP contribution in [-0.4, -0.2) is 37.1 Å². The molecule has 0 saturated heterocycles. The smallest absolute Gasteiger partial charge is 0.416 e. The van der Waals surface area contributed by atoms with Crippen LogP contribution in [0.3, 0.4) is 0 Å². The molecule has 0 heterocycles. The van der Waals surface area contributed by atoms with E-state index >= 15 is 0 Å². The molecule has 0 amide bonds. The van der Waals surface area contributed by atoms with Crippen LogP contribution in [0.1, 0.15) is 80.8 Å². The third kappa shape index (κ3) is 11.4. The van der Waals surface area contributed by atoms with Crippen molar-refractivity contribution >= 4 is 5.97 Å². The minimum Gasteiger partial charge on any atom is -0.545 e. The van der Waals surface area contributed by atoms with E-state index in [1.165, 1.54) is 62.6 Å². The third-order valence-corrected chi connectivity index (χ3v) is 4.98. The summed E-state index contributed by atoms with van der Waals surface area (Å²) in [6.07, 6.45) is -1.93. The molecule has 31 heavy (non-hydrogen) atoms. The molecule has 0 spiro atoms. The lowest BCUT2D eigenvalue weighted by Crippen LogP contribution is -2.46. The van der Waals surface area contributed by atoms with Crippen LogP contribution in [0.15, 0.2) is 18.2 Å². The Labute approximate surface area is 180 Å². The summed E-state index contributed by atoms with van der Waals surface area (Å²) in [4.78, 5) is 10.3. The van der Waals surface area contributed by atoms with Gasteiger partial charge in [-0.25, -0.2) is 0 Å². The van der Waals surface area contributed by atoms with Gasteiger partial charge in [0, 0.05) is 0 Å². The number of carbonyl (C=O) groups is 1. The summed E-state index contributed by atoms with van der Waals surface area (Å²) >= 11 is 0. The van der Waals surface area contributed by atoms with Crippen LogP contribution in [0.25, 0.3) is 0 Å². The van der Waals surface area contributed by atoms with Gasteiger partial charge >= 0.3 is 12.4 Å². The molecule has 0 radical (unpaired) electrons. The normalized spacial score (nSPS) is 12.3. The standard InChI is InChI=1S/C13H30N.C9H4F6O2/c1-5-8-11-14(4,12-9-6-2)13-10-7-3;10-8(11,12)5-1-4(7(16)17)2-6(3-5)9(13,14)15/h5-13H2,1-4H3;1-3H,(H,16,17)/q+1;/p-1. The van der Waals surface area contributed by atoms with Crippen molar-refractivity contribution in [1.82, 2.24) is 0 Å². The predicted molar refractivity (Wildman–Crippen MR) is 106 cm³/mol. The quantitative estimate of drug-likeness (QED) is 0.323. The minimum absolute atomic E-state index is 0.0879. The number of unbranched alkanes of at least 4 members (excludes halogenated alkanes) is 3. The van der Waals surface area contributed by atoms with Crippen molar-refractivity contribution in [1.29, 1.82) is 0 Å². The molecule has 0 aromatic heterocycles. The molecular weight excluding hydrogens is 424 g/mol. The Bertz CT molecular complexity index is 617. The predicted octanol–water partition coefficient (Wildman–Crippen LogP) is 5.92. The monoisotopic (exact) mass is 457 g/mol. The van der Waals surface area contributed by atoms with Crippen molar-refractivity contribution in [3.05, 3.63) is 34.9 Å². The Hall–Kier alpha value is -1.77. The van der Waals surface area contributed by atoms with E-state index in [4.69, 9.17) is 0 Å². The number of rotatable bonds is 10. The van der Waals surface area contributed by atoms with Gasteiger partial charge in [-0.2, -0.15) is 26.3 Å². The van der Waals surface area contributed by atoms with Gasteiger partial charge in [0.2, 0.25) is 0 Å². The molecular formula is C22H33F6NO2. The molecule has 1 aromatic rings. The SMILES string of the molecule is CCCC[N+](C)(CCCC)CCCC.O=C([O-])c1cc(C(F)(F)F)cc(C(F)(F)F)c1. The number of quaternary nitrogens is 1. The number of hydrogen-bond donors (Lipinski definition) is 0. The number of alkyl halides is 6. The van der Waals surface area contributed by atoms with Crippen LogP contribution in [0, 0.1) is 0 Å². The Kier molecular flexibility index (Phi) is 12.2. The van der Waals surface area contributed by atoms with Gasteiger partial charge in [0.1, 0.15) is 0 Å². The van der Waals surface area contributed by atoms with Crippen LogP contribution in [0.5, 0.6) is 0 Å². The first kappa shape index (κ1) is 29.2. The van der Waals surface area contributed by atoms with Crippen molar-refractivity contribution in [2.45, 2.75) is 71.6 Å². The van der Waals surface area contributed by atoms with Crippen LogP contribution < -0.4 is 5.11 Å². The molecule has 1 aromatic carbocycles. The van der Waals surface area contributed by atoms with E-state index in [1.54, 1.807) is 0 Å². The molecule has 9 heteroatoms. The van der Waals surface area contributed by atoms with Gasteiger partial charge in [0.05, 0.1) is 43.8 Å². The molecule has 0 aliphatic rings. The van der Waals surface area contributed by atoms with Crippen LogP contribution in [0.2, 0.25) is 0 Å². The van der Waals surface area contributed by atoms with Crippen molar-refractivity contribution in [3.8, 4) is 0 Å².